The molecule has 1 aliphatic rings. The maximum absolute atomic E-state index is 14.2. The Bertz CT molecular complexity index is 952. The molecule has 1 aliphatic heterocycles. The molecule has 4 atom stereocenters. The minimum absolute atomic E-state index is 0.100. The topological polar surface area (TPSA) is 105 Å². The van der Waals surface area contributed by atoms with Crippen LogP contribution in [0, 0.1) is 28.5 Å². The summed E-state index contributed by atoms with van der Waals surface area (Å²) in [6.07, 6.45) is 1.14. The van der Waals surface area contributed by atoms with Gasteiger partial charge in [0.1, 0.15) is 5.82 Å². The van der Waals surface area contributed by atoms with Crippen LogP contribution in [0.3, 0.4) is 0 Å². The monoisotopic (exact) mass is 539 g/mol. The van der Waals surface area contributed by atoms with E-state index in [2.05, 4.69) is 37.5 Å². The van der Waals surface area contributed by atoms with Crippen LogP contribution in [0.1, 0.15) is 45.1 Å². The van der Waals surface area contributed by atoms with Crippen molar-refractivity contribution in [3.05, 3.63) is 70.0 Å². The highest BCUT2D eigenvalue weighted by molar-refractivity contribution is 6.31. The average molecular weight is 541 g/mol. The number of hydrogen-bond acceptors (Lipinski definition) is 5. The molecule has 4 unspecified atom stereocenters. The molecule has 0 bridgehead atoms. The van der Waals surface area contributed by atoms with Gasteiger partial charge >= 0.3 is 0 Å². The van der Waals surface area contributed by atoms with Crippen LogP contribution < -0.4 is 10.6 Å². The van der Waals surface area contributed by atoms with E-state index < -0.39 is 11.9 Å². The van der Waals surface area contributed by atoms with Gasteiger partial charge in [-0.25, -0.2) is 4.39 Å². The van der Waals surface area contributed by atoms with E-state index in [1.165, 1.54) is 6.07 Å². The van der Waals surface area contributed by atoms with Crippen molar-refractivity contribution in [3.63, 3.8) is 0 Å². The van der Waals surface area contributed by atoms with Gasteiger partial charge in [0.05, 0.1) is 29.7 Å². The largest absolute Gasteiger partial charge is 0.394 e. The minimum atomic E-state index is -0.711. The molecule has 0 spiro atoms. The summed E-state index contributed by atoms with van der Waals surface area (Å²) < 4.78 is 14.2. The third-order valence-electron chi connectivity index (χ3n) is 5.48. The van der Waals surface area contributed by atoms with Crippen LogP contribution >= 0.6 is 23.2 Å². The van der Waals surface area contributed by atoms with Crippen molar-refractivity contribution >= 4 is 29.6 Å². The molecule has 0 aromatic heterocycles. The van der Waals surface area contributed by atoms with Crippen molar-refractivity contribution in [1.82, 2.24) is 10.6 Å². The lowest BCUT2D eigenvalue weighted by Gasteiger charge is -2.26. The van der Waals surface area contributed by atoms with E-state index >= 15 is 0 Å². The van der Waals surface area contributed by atoms with Crippen molar-refractivity contribution in [3.8, 4) is 6.07 Å². The van der Waals surface area contributed by atoms with Gasteiger partial charge in [-0.3, -0.25) is 4.79 Å². The number of hydrogen-bond donors (Lipinski definition) is 4. The van der Waals surface area contributed by atoms with E-state index in [1.807, 2.05) is 30.3 Å². The normalized spacial score (nSPS) is 19.6. The van der Waals surface area contributed by atoms with E-state index in [-0.39, 0.29) is 34.9 Å². The molecule has 1 amide bonds. The number of aliphatic hydroxyl groups is 2. The third-order valence-corrected chi connectivity index (χ3v) is 6.02. The number of carbonyl (C=O) groups excluding carboxylic acids is 1. The Hall–Kier alpha value is -2.21. The highest BCUT2D eigenvalue weighted by Gasteiger charge is 2.39. The predicted molar refractivity (Wildman–Crippen MR) is 142 cm³/mol. The lowest BCUT2D eigenvalue weighted by Crippen LogP contribution is -2.31. The summed E-state index contributed by atoms with van der Waals surface area (Å²) in [6, 6.07) is 16.9. The van der Waals surface area contributed by atoms with Gasteiger partial charge in [0, 0.05) is 30.1 Å². The zero-order chi connectivity index (χ0) is 27.1. The molecular formula is C27H36Cl2FN3O3. The molecule has 0 saturated carbocycles. The van der Waals surface area contributed by atoms with Gasteiger partial charge in [0.25, 0.3) is 0 Å². The fourth-order valence-corrected chi connectivity index (χ4v) is 4.10. The quantitative estimate of drug-likeness (QED) is 0.295. The maximum Gasteiger partial charge on any atom is 0.207 e. The highest BCUT2D eigenvalue weighted by Crippen LogP contribution is 2.38. The second kappa shape index (κ2) is 16.5. The Morgan fingerprint density at radius 3 is 2.39 bits per heavy atom. The first-order valence-corrected chi connectivity index (χ1v) is 12.5. The number of aliphatic hydroxyl groups excluding tert-OH is 2. The van der Waals surface area contributed by atoms with Crippen LogP contribution in [0.15, 0.2) is 48.5 Å². The molecule has 0 radical (unpaired) electrons. The maximum atomic E-state index is 14.2. The lowest BCUT2D eigenvalue weighted by atomic mass is 9.79. The van der Waals surface area contributed by atoms with Crippen LogP contribution in [0.2, 0.25) is 10.0 Å². The van der Waals surface area contributed by atoms with Gasteiger partial charge in [0.2, 0.25) is 6.41 Å². The smallest absolute Gasteiger partial charge is 0.207 e. The van der Waals surface area contributed by atoms with Crippen LogP contribution in [0.25, 0.3) is 0 Å². The first-order chi connectivity index (χ1) is 17.0. The van der Waals surface area contributed by atoms with Crippen molar-refractivity contribution in [1.29, 1.82) is 5.26 Å². The average Bonchev–Trinajstić information content (AvgIpc) is 3.22. The Balaban J connectivity index is 0.000000333. The second-order valence-electron chi connectivity index (χ2n) is 9.68. The third kappa shape index (κ3) is 11.7. The SMILES string of the molecule is CC(C)(C)CC1NCC(c2cccc(Cl)c2F)C1C#N.Clc1ccccc1.O=CNCCC(O)CO. The van der Waals surface area contributed by atoms with E-state index in [4.69, 9.17) is 33.4 Å². The van der Waals surface area contributed by atoms with Crippen LogP contribution in [0.4, 0.5) is 4.39 Å². The molecule has 36 heavy (non-hydrogen) atoms. The number of carbonyl (C=O) groups is 1. The molecule has 1 heterocycles. The van der Waals surface area contributed by atoms with Gasteiger partial charge in [-0.15, -0.1) is 0 Å². The van der Waals surface area contributed by atoms with Crippen molar-refractivity contribution in [2.24, 2.45) is 11.3 Å². The van der Waals surface area contributed by atoms with Crippen LogP contribution in [-0.2, 0) is 4.79 Å². The number of nitriles is 1. The number of halogens is 3. The molecule has 4 N–H and O–H groups in total. The molecule has 1 saturated heterocycles. The molecule has 9 heteroatoms. The molecular weight excluding hydrogens is 504 g/mol. The zero-order valence-electron chi connectivity index (χ0n) is 20.9. The molecule has 3 rings (SSSR count). The summed E-state index contributed by atoms with van der Waals surface area (Å²) in [6.45, 7) is 7.23. The van der Waals surface area contributed by atoms with Crippen LogP contribution in [0.5, 0.6) is 0 Å². The number of nitrogens with one attached hydrogen (secondary N) is 2. The number of benzene rings is 2. The number of amides is 1. The number of rotatable bonds is 7. The Kier molecular flexibility index (Phi) is 14.6. The molecule has 0 aliphatic carbocycles. The van der Waals surface area contributed by atoms with Crippen molar-refractivity contribution < 1.29 is 19.4 Å². The lowest BCUT2D eigenvalue weighted by molar-refractivity contribution is -0.109. The Morgan fingerprint density at radius 1 is 1.22 bits per heavy atom. The van der Waals surface area contributed by atoms with Gasteiger partial charge in [-0.1, -0.05) is 74.3 Å². The zero-order valence-corrected chi connectivity index (χ0v) is 22.4. The summed E-state index contributed by atoms with van der Waals surface area (Å²) in [5.74, 6) is -0.745. The minimum Gasteiger partial charge on any atom is -0.394 e. The van der Waals surface area contributed by atoms with Gasteiger partial charge in [0.15, 0.2) is 0 Å². The van der Waals surface area contributed by atoms with Gasteiger partial charge < -0.3 is 20.8 Å². The van der Waals surface area contributed by atoms with Gasteiger partial charge in [-0.05, 0) is 42.0 Å². The summed E-state index contributed by atoms with van der Waals surface area (Å²) in [7, 11) is 0. The van der Waals surface area contributed by atoms with E-state index in [0.29, 0.717) is 31.5 Å². The molecule has 2 aromatic rings. The fourth-order valence-electron chi connectivity index (χ4n) is 3.78. The molecule has 2 aromatic carbocycles. The first-order valence-electron chi connectivity index (χ1n) is 11.8. The molecule has 198 valence electrons. The number of nitrogens with zero attached hydrogens (tertiary/aromatic N) is 1. The summed E-state index contributed by atoms with van der Waals surface area (Å²) >= 11 is 11.4. The summed E-state index contributed by atoms with van der Waals surface area (Å²) in [4.78, 5) is 9.62. The Labute approximate surface area is 223 Å². The summed E-state index contributed by atoms with van der Waals surface area (Å²) in [5.41, 5.74) is 0.683. The van der Waals surface area contributed by atoms with Crippen molar-refractivity contribution in [2.75, 3.05) is 19.7 Å². The van der Waals surface area contributed by atoms with E-state index in [9.17, 15) is 14.4 Å². The first kappa shape index (κ1) is 31.8. The standard InChI is InChI=1S/C16H20ClFN2.C6H5Cl.C5H11NO3/c1-16(2,3)7-14-11(8-19)12(9-20-14)10-5-4-6-13(17)15(10)18;7-6-4-2-1-3-5-6;7-3-5(9)1-2-6-4-8/h4-6,11-12,14,20H,7,9H2,1-3H3;1-5H;4-5,7,9H,1-3H2,(H,6,8). The van der Waals surface area contributed by atoms with E-state index in [0.717, 1.165) is 11.4 Å². The second-order valence-corrected chi connectivity index (χ2v) is 10.5. The van der Waals surface area contributed by atoms with Crippen molar-refractivity contribution in [2.45, 2.75) is 51.7 Å². The van der Waals surface area contributed by atoms with E-state index in [1.54, 1.807) is 12.1 Å². The van der Waals surface area contributed by atoms with Crippen LogP contribution in [-0.4, -0.2) is 48.5 Å². The predicted octanol–water partition coefficient (Wildman–Crippen LogP) is 4.93. The van der Waals surface area contributed by atoms with Gasteiger partial charge in [-0.2, -0.15) is 5.26 Å². The Morgan fingerprint density at radius 2 is 1.89 bits per heavy atom. The molecule has 1 fully saturated rings. The summed E-state index contributed by atoms with van der Waals surface area (Å²) in [5, 5.41) is 33.1. The highest BCUT2D eigenvalue weighted by atomic mass is 35.5. The molecule has 6 nitrogen and oxygen atoms in total. The fraction of sp³-hybridized carbons (Fsp3) is 0.481.